The number of rotatable bonds is 4. The van der Waals surface area contributed by atoms with Crippen LogP contribution in [0, 0.1) is 0 Å². The molecule has 0 bridgehead atoms. The predicted molar refractivity (Wildman–Crippen MR) is 71.6 cm³/mol. The van der Waals surface area contributed by atoms with E-state index in [2.05, 4.69) is 10.6 Å². The van der Waals surface area contributed by atoms with E-state index in [1.54, 1.807) is 0 Å². The lowest BCUT2D eigenvalue weighted by Gasteiger charge is -2.23. The van der Waals surface area contributed by atoms with Crippen LogP contribution in [0.1, 0.15) is 12.0 Å². The molecule has 1 amide bonds. The number of hydrogen-bond acceptors (Lipinski definition) is 5. The molecule has 2 aliphatic rings. The molecule has 1 aromatic carbocycles. The number of carbonyl (C=O) groups excluding carboxylic acids is 1. The van der Waals surface area contributed by atoms with E-state index in [1.807, 2.05) is 18.2 Å². The van der Waals surface area contributed by atoms with Gasteiger partial charge in [0, 0.05) is 19.6 Å². The standard InChI is InChI=1S/C14H18N2O4/c17-14(6-11-8-15-3-4-18-11)16-7-10-1-2-12-13(5-10)20-9-19-12/h1-2,5,11,15H,3-4,6-9H2,(H,16,17). The summed E-state index contributed by atoms with van der Waals surface area (Å²) in [5, 5.41) is 6.10. The first-order chi connectivity index (χ1) is 9.81. The molecule has 6 heteroatoms. The summed E-state index contributed by atoms with van der Waals surface area (Å²) < 4.78 is 16.1. The summed E-state index contributed by atoms with van der Waals surface area (Å²) in [6.45, 7) is 3.00. The van der Waals surface area contributed by atoms with Crippen LogP contribution < -0.4 is 20.1 Å². The van der Waals surface area contributed by atoms with Crippen LogP contribution in [0.3, 0.4) is 0 Å². The van der Waals surface area contributed by atoms with E-state index in [0.29, 0.717) is 19.6 Å². The second-order valence-electron chi connectivity index (χ2n) is 4.87. The summed E-state index contributed by atoms with van der Waals surface area (Å²) in [6, 6.07) is 5.67. The fourth-order valence-corrected chi connectivity index (χ4v) is 2.28. The first kappa shape index (κ1) is 13.2. The Kier molecular flexibility index (Phi) is 4.03. The Morgan fingerprint density at radius 3 is 3.10 bits per heavy atom. The van der Waals surface area contributed by atoms with Crippen molar-refractivity contribution in [2.75, 3.05) is 26.5 Å². The third-order valence-corrected chi connectivity index (χ3v) is 3.34. The number of carbonyl (C=O) groups is 1. The molecule has 3 rings (SSSR count). The van der Waals surface area contributed by atoms with Gasteiger partial charge in [-0.25, -0.2) is 0 Å². The number of fused-ring (bicyclic) bond motifs is 1. The summed E-state index contributed by atoms with van der Waals surface area (Å²) in [5.74, 6) is 1.48. The minimum Gasteiger partial charge on any atom is -0.454 e. The van der Waals surface area contributed by atoms with Crippen LogP contribution in [0.15, 0.2) is 18.2 Å². The van der Waals surface area contributed by atoms with Crippen LogP contribution in [0.2, 0.25) is 0 Å². The van der Waals surface area contributed by atoms with E-state index in [0.717, 1.165) is 30.2 Å². The molecule has 20 heavy (non-hydrogen) atoms. The topological polar surface area (TPSA) is 68.8 Å². The maximum Gasteiger partial charge on any atom is 0.231 e. The summed E-state index contributed by atoms with van der Waals surface area (Å²) in [5.41, 5.74) is 0.991. The predicted octanol–water partition coefficient (Wildman–Crippen LogP) is 0.410. The van der Waals surface area contributed by atoms with Crippen molar-refractivity contribution >= 4 is 5.91 Å². The van der Waals surface area contributed by atoms with E-state index >= 15 is 0 Å². The van der Waals surface area contributed by atoms with Crippen molar-refractivity contribution in [1.29, 1.82) is 0 Å². The van der Waals surface area contributed by atoms with Gasteiger partial charge in [0.1, 0.15) is 0 Å². The zero-order valence-electron chi connectivity index (χ0n) is 11.2. The molecule has 0 spiro atoms. The average Bonchev–Trinajstić information content (AvgIpc) is 2.93. The molecule has 0 radical (unpaired) electrons. The van der Waals surface area contributed by atoms with Crippen molar-refractivity contribution in [2.24, 2.45) is 0 Å². The molecule has 6 nitrogen and oxygen atoms in total. The first-order valence-corrected chi connectivity index (χ1v) is 6.79. The van der Waals surface area contributed by atoms with Crippen molar-refractivity contribution in [3.05, 3.63) is 23.8 Å². The Balaban J connectivity index is 1.47. The van der Waals surface area contributed by atoms with Crippen molar-refractivity contribution in [1.82, 2.24) is 10.6 Å². The number of nitrogens with one attached hydrogen (secondary N) is 2. The average molecular weight is 278 g/mol. The Morgan fingerprint density at radius 1 is 1.35 bits per heavy atom. The third-order valence-electron chi connectivity index (χ3n) is 3.34. The third kappa shape index (κ3) is 3.20. The smallest absolute Gasteiger partial charge is 0.231 e. The zero-order chi connectivity index (χ0) is 13.8. The van der Waals surface area contributed by atoms with Gasteiger partial charge in [0.15, 0.2) is 11.5 Å². The van der Waals surface area contributed by atoms with Gasteiger partial charge in [-0.1, -0.05) is 6.07 Å². The van der Waals surface area contributed by atoms with Gasteiger partial charge in [-0.3, -0.25) is 4.79 Å². The van der Waals surface area contributed by atoms with E-state index in [-0.39, 0.29) is 18.8 Å². The van der Waals surface area contributed by atoms with Crippen molar-refractivity contribution in [3.8, 4) is 11.5 Å². The molecule has 2 aliphatic heterocycles. The van der Waals surface area contributed by atoms with Gasteiger partial charge in [0.05, 0.1) is 19.1 Å². The van der Waals surface area contributed by atoms with E-state index in [9.17, 15) is 4.79 Å². The molecular weight excluding hydrogens is 260 g/mol. The highest BCUT2D eigenvalue weighted by molar-refractivity contribution is 5.76. The lowest BCUT2D eigenvalue weighted by molar-refractivity contribution is -0.124. The number of amides is 1. The maximum absolute atomic E-state index is 11.8. The SMILES string of the molecule is O=C(CC1CNCCO1)NCc1ccc2c(c1)OCO2. The fourth-order valence-electron chi connectivity index (χ4n) is 2.28. The molecule has 0 saturated carbocycles. The molecule has 0 aliphatic carbocycles. The second-order valence-corrected chi connectivity index (χ2v) is 4.87. The van der Waals surface area contributed by atoms with Crippen LogP contribution in [0.5, 0.6) is 11.5 Å². The van der Waals surface area contributed by atoms with Crippen LogP contribution >= 0.6 is 0 Å². The summed E-state index contributed by atoms with van der Waals surface area (Å²) >= 11 is 0. The fraction of sp³-hybridized carbons (Fsp3) is 0.500. The molecule has 1 atom stereocenters. The highest BCUT2D eigenvalue weighted by Gasteiger charge is 2.17. The molecule has 2 N–H and O–H groups in total. The molecule has 0 aromatic heterocycles. The van der Waals surface area contributed by atoms with E-state index in [1.165, 1.54) is 0 Å². The largest absolute Gasteiger partial charge is 0.454 e. The van der Waals surface area contributed by atoms with Gasteiger partial charge in [-0.05, 0) is 17.7 Å². The molecule has 1 aromatic rings. The second kappa shape index (κ2) is 6.11. The molecule has 1 unspecified atom stereocenters. The van der Waals surface area contributed by atoms with Crippen molar-refractivity contribution < 1.29 is 19.0 Å². The summed E-state index contributed by atoms with van der Waals surface area (Å²) in [6.07, 6.45) is 0.359. The molecule has 2 heterocycles. The first-order valence-electron chi connectivity index (χ1n) is 6.79. The minimum absolute atomic E-state index is 0.00336. The minimum atomic E-state index is -0.0273. The van der Waals surface area contributed by atoms with Gasteiger partial charge in [0.2, 0.25) is 12.7 Å². The zero-order valence-corrected chi connectivity index (χ0v) is 11.2. The Bertz CT molecular complexity index is 486. The monoisotopic (exact) mass is 278 g/mol. The number of morpholine rings is 1. The van der Waals surface area contributed by atoms with E-state index < -0.39 is 0 Å². The highest BCUT2D eigenvalue weighted by atomic mass is 16.7. The van der Waals surface area contributed by atoms with E-state index in [4.69, 9.17) is 14.2 Å². The quantitative estimate of drug-likeness (QED) is 0.835. The number of ether oxygens (including phenoxy) is 3. The molecule has 1 saturated heterocycles. The van der Waals surface area contributed by atoms with Crippen LogP contribution in [0.4, 0.5) is 0 Å². The lowest BCUT2D eigenvalue weighted by atomic mass is 10.2. The van der Waals surface area contributed by atoms with Crippen molar-refractivity contribution in [3.63, 3.8) is 0 Å². The normalized spacial score (nSPS) is 20.7. The number of benzene rings is 1. The Labute approximate surface area is 117 Å². The Hall–Kier alpha value is -1.79. The molecule has 108 valence electrons. The maximum atomic E-state index is 11.8. The van der Waals surface area contributed by atoms with Gasteiger partial charge in [0.25, 0.3) is 0 Å². The van der Waals surface area contributed by atoms with Crippen LogP contribution in [-0.4, -0.2) is 38.5 Å². The highest BCUT2D eigenvalue weighted by Crippen LogP contribution is 2.32. The molecular formula is C14H18N2O4. The van der Waals surface area contributed by atoms with Gasteiger partial charge in [-0.15, -0.1) is 0 Å². The van der Waals surface area contributed by atoms with Crippen molar-refractivity contribution in [2.45, 2.75) is 19.1 Å². The van der Waals surface area contributed by atoms with Gasteiger partial charge < -0.3 is 24.8 Å². The van der Waals surface area contributed by atoms with Crippen LogP contribution in [0.25, 0.3) is 0 Å². The lowest BCUT2D eigenvalue weighted by Crippen LogP contribution is -2.41. The molecule has 1 fully saturated rings. The summed E-state index contributed by atoms with van der Waals surface area (Å²) in [7, 11) is 0. The Morgan fingerprint density at radius 2 is 2.25 bits per heavy atom. The van der Waals surface area contributed by atoms with Gasteiger partial charge >= 0.3 is 0 Å². The van der Waals surface area contributed by atoms with Gasteiger partial charge in [-0.2, -0.15) is 0 Å². The number of hydrogen-bond donors (Lipinski definition) is 2. The summed E-state index contributed by atoms with van der Waals surface area (Å²) in [4.78, 5) is 11.8. The van der Waals surface area contributed by atoms with Crippen LogP contribution in [-0.2, 0) is 16.1 Å².